The van der Waals surface area contributed by atoms with Crippen molar-refractivity contribution in [3.8, 4) is 0 Å². The number of carbonyl (C=O) groups is 1. The highest BCUT2D eigenvalue weighted by Gasteiger charge is 2.39. The molecule has 1 aliphatic rings. The van der Waals surface area contributed by atoms with Gasteiger partial charge in [0.1, 0.15) is 23.4 Å². The summed E-state index contributed by atoms with van der Waals surface area (Å²) in [6.45, 7) is 4.87. The van der Waals surface area contributed by atoms with Gasteiger partial charge in [0.2, 0.25) is 0 Å². The third kappa shape index (κ3) is 3.68. The number of carbonyl (C=O) groups excluding carboxylic acids is 1. The van der Waals surface area contributed by atoms with E-state index in [-0.39, 0.29) is 18.5 Å². The molecule has 0 saturated carbocycles. The molecule has 0 aliphatic carbocycles. The van der Waals surface area contributed by atoms with Crippen molar-refractivity contribution >= 4 is 6.09 Å². The van der Waals surface area contributed by atoms with E-state index in [0.29, 0.717) is 0 Å². The van der Waals surface area contributed by atoms with Crippen molar-refractivity contribution in [1.82, 2.24) is 4.90 Å². The molecule has 0 unspecified atom stereocenters. The number of nitrogens with zero attached hydrogens (tertiary/aromatic N) is 1. The van der Waals surface area contributed by atoms with Crippen molar-refractivity contribution < 1.29 is 22.7 Å². The molecule has 1 amide bonds. The average Bonchev–Trinajstić information content (AvgIpc) is 2.72. The van der Waals surface area contributed by atoms with Gasteiger partial charge in [0.05, 0.1) is 12.6 Å². The minimum Gasteiger partial charge on any atom is -0.444 e. The zero-order valence-corrected chi connectivity index (χ0v) is 12.2. The summed E-state index contributed by atoms with van der Waals surface area (Å²) in [6, 6.07) is 2.10. The average molecular weight is 301 g/mol. The van der Waals surface area contributed by atoms with E-state index in [2.05, 4.69) is 0 Å². The summed E-state index contributed by atoms with van der Waals surface area (Å²) in [7, 11) is 0. The molecule has 1 heterocycles. The van der Waals surface area contributed by atoms with Gasteiger partial charge in [-0.1, -0.05) is 0 Å². The van der Waals surface area contributed by atoms with Crippen LogP contribution in [0.1, 0.15) is 38.8 Å². The number of benzene rings is 1. The Hall–Kier alpha value is -1.72. The Balaban J connectivity index is 2.28. The topological polar surface area (TPSA) is 29.5 Å². The fourth-order valence-electron chi connectivity index (χ4n) is 2.37. The second kappa shape index (κ2) is 5.58. The maximum atomic E-state index is 13.9. The molecule has 0 aromatic heterocycles. The van der Waals surface area contributed by atoms with Crippen molar-refractivity contribution in [2.75, 3.05) is 6.54 Å². The monoisotopic (exact) mass is 301 g/mol. The molecule has 0 N–H and O–H groups in total. The standard InChI is InChI=1S/C15H18F3NO2/c1-15(2,3)21-14(20)19-8-10(17)7-13(19)11-6-9(16)4-5-12(11)18/h4-6,10,13H,7-8H2,1-3H3/t10-,13-/m0/s1. The number of alkyl halides is 1. The number of likely N-dealkylation sites (tertiary alicyclic amines) is 1. The Morgan fingerprint density at radius 3 is 2.62 bits per heavy atom. The van der Waals surface area contributed by atoms with Gasteiger partial charge in [-0.3, -0.25) is 4.90 Å². The van der Waals surface area contributed by atoms with Crippen molar-refractivity contribution in [1.29, 1.82) is 0 Å². The Morgan fingerprint density at radius 2 is 2.00 bits per heavy atom. The highest BCUT2D eigenvalue weighted by Crippen LogP contribution is 2.36. The van der Waals surface area contributed by atoms with Crippen molar-refractivity contribution in [3.63, 3.8) is 0 Å². The van der Waals surface area contributed by atoms with Crippen LogP contribution in [0.25, 0.3) is 0 Å². The molecule has 1 fully saturated rings. The van der Waals surface area contributed by atoms with Crippen LogP contribution in [0.15, 0.2) is 18.2 Å². The first-order valence-corrected chi connectivity index (χ1v) is 6.76. The molecule has 2 atom stereocenters. The van der Waals surface area contributed by atoms with Gasteiger partial charge in [0, 0.05) is 12.0 Å². The predicted molar refractivity (Wildman–Crippen MR) is 71.6 cm³/mol. The lowest BCUT2D eigenvalue weighted by molar-refractivity contribution is 0.0214. The summed E-state index contributed by atoms with van der Waals surface area (Å²) in [6.07, 6.45) is -2.08. The molecule has 21 heavy (non-hydrogen) atoms. The normalized spacial score (nSPS) is 22.5. The van der Waals surface area contributed by atoms with Crippen LogP contribution in [0.4, 0.5) is 18.0 Å². The summed E-state index contributed by atoms with van der Waals surface area (Å²) >= 11 is 0. The summed E-state index contributed by atoms with van der Waals surface area (Å²) < 4.78 is 46.0. The third-order valence-corrected chi connectivity index (χ3v) is 3.20. The van der Waals surface area contributed by atoms with Gasteiger partial charge in [-0.2, -0.15) is 0 Å². The van der Waals surface area contributed by atoms with Crippen molar-refractivity contribution in [3.05, 3.63) is 35.4 Å². The molecule has 2 rings (SSSR count). The minimum absolute atomic E-state index is 0.0268. The van der Waals surface area contributed by atoms with E-state index in [4.69, 9.17) is 4.74 Å². The van der Waals surface area contributed by atoms with E-state index in [1.807, 2.05) is 0 Å². The van der Waals surface area contributed by atoms with Crippen LogP contribution < -0.4 is 0 Å². The van der Waals surface area contributed by atoms with Crippen molar-refractivity contribution in [2.24, 2.45) is 0 Å². The quantitative estimate of drug-likeness (QED) is 0.785. The Kier molecular flexibility index (Phi) is 4.16. The number of amides is 1. The van der Waals surface area contributed by atoms with E-state index in [9.17, 15) is 18.0 Å². The van der Waals surface area contributed by atoms with Gasteiger partial charge in [0.25, 0.3) is 0 Å². The van der Waals surface area contributed by atoms with Crippen LogP contribution in [-0.4, -0.2) is 29.3 Å². The molecule has 0 radical (unpaired) electrons. The number of halogens is 3. The molecular formula is C15H18F3NO2. The van der Waals surface area contributed by atoms with Crippen LogP contribution in [0, 0.1) is 11.6 Å². The molecule has 1 aromatic carbocycles. The van der Waals surface area contributed by atoms with E-state index < -0.39 is 35.5 Å². The second-order valence-electron chi connectivity index (χ2n) is 6.15. The Morgan fingerprint density at radius 1 is 1.33 bits per heavy atom. The summed E-state index contributed by atoms with van der Waals surface area (Å²) in [5, 5.41) is 0. The molecule has 116 valence electrons. The maximum absolute atomic E-state index is 13.9. The first-order valence-electron chi connectivity index (χ1n) is 6.76. The maximum Gasteiger partial charge on any atom is 0.410 e. The third-order valence-electron chi connectivity index (χ3n) is 3.20. The van der Waals surface area contributed by atoms with Gasteiger partial charge in [-0.15, -0.1) is 0 Å². The number of rotatable bonds is 1. The SMILES string of the molecule is CC(C)(C)OC(=O)N1C[C@@H](F)C[C@H]1c1cc(F)ccc1F. The van der Waals surface area contributed by atoms with Crippen LogP contribution in [0.2, 0.25) is 0 Å². The lowest BCUT2D eigenvalue weighted by Crippen LogP contribution is -2.37. The van der Waals surface area contributed by atoms with E-state index in [1.165, 1.54) is 0 Å². The molecule has 0 bridgehead atoms. The van der Waals surface area contributed by atoms with Gasteiger partial charge < -0.3 is 4.74 Å². The van der Waals surface area contributed by atoms with Crippen molar-refractivity contribution in [2.45, 2.75) is 45.0 Å². The van der Waals surface area contributed by atoms with E-state index in [0.717, 1.165) is 23.1 Å². The molecule has 1 aromatic rings. The molecule has 1 saturated heterocycles. The summed E-state index contributed by atoms with van der Waals surface area (Å²) in [5.41, 5.74) is -0.766. The first kappa shape index (κ1) is 15.7. The van der Waals surface area contributed by atoms with Gasteiger partial charge in [0.15, 0.2) is 0 Å². The fraction of sp³-hybridized carbons (Fsp3) is 0.533. The highest BCUT2D eigenvalue weighted by molar-refractivity contribution is 5.69. The van der Waals surface area contributed by atoms with Crippen LogP contribution in [-0.2, 0) is 4.74 Å². The van der Waals surface area contributed by atoms with Crippen LogP contribution in [0.3, 0.4) is 0 Å². The Bertz CT molecular complexity index is 542. The smallest absolute Gasteiger partial charge is 0.410 e. The van der Waals surface area contributed by atoms with Crippen LogP contribution >= 0.6 is 0 Å². The first-order chi connectivity index (χ1) is 9.67. The van der Waals surface area contributed by atoms with Crippen LogP contribution in [0.5, 0.6) is 0 Å². The van der Waals surface area contributed by atoms with Gasteiger partial charge in [-0.25, -0.2) is 18.0 Å². The fourth-order valence-corrected chi connectivity index (χ4v) is 2.37. The molecule has 6 heteroatoms. The molecule has 3 nitrogen and oxygen atoms in total. The lowest BCUT2D eigenvalue weighted by atomic mass is 10.0. The Labute approximate surface area is 121 Å². The number of hydrogen-bond acceptors (Lipinski definition) is 2. The zero-order valence-electron chi connectivity index (χ0n) is 12.2. The summed E-state index contributed by atoms with van der Waals surface area (Å²) in [5.74, 6) is -1.29. The highest BCUT2D eigenvalue weighted by atomic mass is 19.1. The minimum atomic E-state index is -1.29. The second-order valence-corrected chi connectivity index (χ2v) is 6.15. The number of ether oxygens (including phenoxy) is 1. The van der Waals surface area contributed by atoms with Gasteiger partial charge >= 0.3 is 6.09 Å². The van der Waals surface area contributed by atoms with Gasteiger partial charge in [-0.05, 0) is 39.0 Å². The number of hydrogen-bond donors (Lipinski definition) is 0. The largest absolute Gasteiger partial charge is 0.444 e. The molecule has 1 aliphatic heterocycles. The lowest BCUT2D eigenvalue weighted by Gasteiger charge is -2.28. The van der Waals surface area contributed by atoms with E-state index >= 15 is 0 Å². The zero-order chi connectivity index (χ0) is 15.8. The summed E-state index contributed by atoms with van der Waals surface area (Å²) in [4.78, 5) is 13.2. The predicted octanol–water partition coefficient (Wildman–Crippen LogP) is 3.98. The van der Waals surface area contributed by atoms with E-state index in [1.54, 1.807) is 20.8 Å². The molecular weight excluding hydrogens is 283 g/mol. The molecule has 0 spiro atoms.